The number of carbonyl (C=O) groups is 4. The smallest absolute Gasteiger partial charge is 0.407 e. The Morgan fingerprint density at radius 3 is 2.66 bits per heavy atom. The number of aliphatic carboxylic acids is 1. The third-order valence-electron chi connectivity index (χ3n) is 6.12. The minimum atomic E-state index is -1.08. The number of nitrogens with two attached hydrogens (primary N) is 1. The number of nitrogens with one attached hydrogen (secondary N) is 1. The average Bonchev–Trinajstić information content (AvgIpc) is 3.04. The summed E-state index contributed by atoms with van der Waals surface area (Å²) in [5.74, 6) is -2.76. The van der Waals surface area contributed by atoms with Crippen LogP contribution in [0.2, 0.25) is 0 Å². The van der Waals surface area contributed by atoms with Gasteiger partial charge in [0.25, 0.3) is 5.91 Å². The van der Waals surface area contributed by atoms with Gasteiger partial charge in [0.1, 0.15) is 11.6 Å². The van der Waals surface area contributed by atoms with Gasteiger partial charge in [-0.3, -0.25) is 14.4 Å². The molecule has 2 aliphatic rings. The monoisotopic (exact) mass is 489 g/mol. The number of rotatable bonds is 8. The normalized spacial score (nSPS) is 20.6. The van der Waals surface area contributed by atoms with Gasteiger partial charge in [-0.05, 0) is 63.3 Å². The third-order valence-corrected chi connectivity index (χ3v) is 6.12. The molecular formula is C25H32FN3O6. The lowest BCUT2D eigenvalue weighted by molar-refractivity contribution is -0.137. The summed E-state index contributed by atoms with van der Waals surface area (Å²) < 4.78 is 19.5. The van der Waals surface area contributed by atoms with Crippen molar-refractivity contribution in [2.75, 3.05) is 0 Å². The van der Waals surface area contributed by atoms with Crippen molar-refractivity contribution in [2.45, 2.75) is 77.1 Å². The lowest BCUT2D eigenvalue weighted by atomic mass is 9.84. The van der Waals surface area contributed by atoms with Crippen molar-refractivity contribution in [1.82, 2.24) is 10.2 Å². The van der Waals surface area contributed by atoms with E-state index >= 15 is 0 Å². The molecule has 0 saturated carbocycles. The third kappa shape index (κ3) is 6.80. The number of primary amides is 1. The molecule has 1 unspecified atom stereocenters. The van der Waals surface area contributed by atoms with Gasteiger partial charge in [-0.25, -0.2) is 9.18 Å². The van der Waals surface area contributed by atoms with E-state index in [1.54, 1.807) is 32.9 Å². The molecule has 3 rings (SSSR count). The number of carbonyl (C=O) groups excluding carboxylic acids is 3. The summed E-state index contributed by atoms with van der Waals surface area (Å²) in [5.41, 5.74) is 6.74. The predicted octanol–water partition coefficient (Wildman–Crippen LogP) is 3.06. The van der Waals surface area contributed by atoms with Gasteiger partial charge < -0.3 is 25.8 Å². The highest BCUT2D eigenvalue weighted by Crippen LogP contribution is 2.31. The number of alkyl carbamates (subject to hydrolysis) is 1. The Balaban J connectivity index is 1.75. The number of benzene rings is 1. The molecule has 1 aliphatic heterocycles. The number of amides is 3. The summed E-state index contributed by atoms with van der Waals surface area (Å²) in [6, 6.07) is 3.91. The van der Waals surface area contributed by atoms with E-state index in [0.717, 1.165) is 5.56 Å². The predicted molar refractivity (Wildman–Crippen MR) is 125 cm³/mol. The van der Waals surface area contributed by atoms with Crippen LogP contribution in [0, 0.1) is 5.92 Å². The van der Waals surface area contributed by atoms with Crippen molar-refractivity contribution >= 4 is 23.9 Å². The van der Waals surface area contributed by atoms with Crippen molar-refractivity contribution in [3.8, 4) is 0 Å². The number of fused-ring (bicyclic) bond motifs is 1. The SMILES string of the molecule is CC(C)(C)OC(=O)N[C@H]1CCC(F)=C[C@@H]1Cc1ccc2c(c1)CN(C(CCC(=O)O)C(N)=O)C2=O. The summed E-state index contributed by atoms with van der Waals surface area (Å²) >= 11 is 0. The second-order valence-electron chi connectivity index (χ2n) is 10.0. The van der Waals surface area contributed by atoms with Crippen molar-refractivity contribution in [1.29, 1.82) is 0 Å². The number of hydrogen-bond donors (Lipinski definition) is 3. The number of carboxylic acids is 1. The maximum atomic E-state index is 14.1. The molecule has 3 atom stereocenters. The number of nitrogens with zero attached hydrogens (tertiary/aromatic N) is 1. The molecule has 0 saturated heterocycles. The molecule has 0 radical (unpaired) electrons. The molecule has 0 aromatic heterocycles. The summed E-state index contributed by atoms with van der Waals surface area (Å²) in [5, 5.41) is 11.8. The molecule has 0 bridgehead atoms. The van der Waals surface area contributed by atoms with Crippen LogP contribution in [0.15, 0.2) is 30.1 Å². The molecule has 35 heavy (non-hydrogen) atoms. The molecule has 1 aliphatic carbocycles. The topological polar surface area (TPSA) is 139 Å². The first-order valence-corrected chi connectivity index (χ1v) is 11.6. The highest BCUT2D eigenvalue weighted by Gasteiger charge is 2.36. The molecule has 3 amide bonds. The summed E-state index contributed by atoms with van der Waals surface area (Å²) in [7, 11) is 0. The van der Waals surface area contributed by atoms with Crippen LogP contribution in [-0.2, 0) is 27.3 Å². The van der Waals surface area contributed by atoms with E-state index in [1.807, 2.05) is 6.07 Å². The van der Waals surface area contributed by atoms with E-state index in [4.69, 9.17) is 15.6 Å². The van der Waals surface area contributed by atoms with Crippen LogP contribution >= 0.6 is 0 Å². The summed E-state index contributed by atoms with van der Waals surface area (Å²) in [6.07, 6.45) is 1.70. The van der Waals surface area contributed by atoms with Crippen LogP contribution in [0.1, 0.15) is 67.9 Å². The fourth-order valence-electron chi connectivity index (χ4n) is 4.54. The number of halogens is 1. The van der Waals surface area contributed by atoms with Gasteiger partial charge in [0.05, 0.1) is 5.83 Å². The number of ether oxygens (including phenoxy) is 1. The molecule has 10 heteroatoms. The molecule has 4 N–H and O–H groups in total. The fourth-order valence-corrected chi connectivity index (χ4v) is 4.54. The van der Waals surface area contributed by atoms with Crippen molar-refractivity contribution in [3.63, 3.8) is 0 Å². The molecule has 190 valence electrons. The first kappa shape index (κ1) is 26.2. The highest BCUT2D eigenvalue weighted by molar-refractivity contribution is 6.01. The van der Waals surface area contributed by atoms with E-state index < -0.39 is 29.6 Å². The Morgan fingerprint density at radius 2 is 2.03 bits per heavy atom. The second kappa shape index (κ2) is 10.5. The molecule has 1 heterocycles. The van der Waals surface area contributed by atoms with E-state index in [1.165, 1.54) is 11.0 Å². The fraction of sp³-hybridized carbons (Fsp3) is 0.520. The number of allylic oxidation sites excluding steroid dienone is 1. The standard InChI is InChI=1S/C25H32FN3O6/c1-25(2,3)35-24(34)28-19-7-5-17(26)12-15(19)10-14-4-6-18-16(11-14)13-29(23(18)33)20(22(27)32)8-9-21(30)31/h4,6,11-12,15,19-20H,5,7-10,13H2,1-3H3,(H2,27,32)(H,28,34)(H,30,31)/t15-,19-,20?/m0/s1. The van der Waals surface area contributed by atoms with Crippen molar-refractivity contribution in [3.05, 3.63) is 46.8 Å². The Morgan fingerprint density at radius 1 is 1.31 bits per heavy atom. The van der Waals surface area contributed by atoms with Crippen LogP contribution in [-0.4, -0.2) is 51.6 Å². The van der Waals surface area contributed by atoms with Gasteiger partial charge >= 0.3 is 12.1 Å². The van der Waals surface area contributed by atoms with E-state index in [-0.39, 0.29) is 49.5 Å². The molecule has 0 spiro atoms. The van der Waals surface area contributed by atoms with Crippen LogP contribution < -0.4 is 11.1 Å². The van der Waals surface area contributed by atoms with E-state index in [2.05, 4.69) is 5.32 Å². The second-order valence-corrected chi connectivity index (χ2v) is 10.0. The van der Waals surface area contributed by atoms with Gasteiger partial charge in [0, 0.05) is 36.9 Å². The average molecular weight is 490 g/mol. The zero-order chi connectivity index (χ0) is 25.9. The van der Waals surface area contributed by atoms with E-state index in [0.29, 0.717) is 24.0 Å². The van der Waals surface area contributed by atoms with Crippen molar-refractivity contribution < 1.29 is 33.4 Å². The van der Waals surface area contributed by atoms with E-state index in [9.17, 15) is 23.6 Å². The molecule has 1 aromatic rings. The Kier molecular flexibility index (Phi) is 7.82. The number of hydrogen-bond acceptors (Lipinski definition) is 5. The van der Waals surface area contributed by atoms with Gasteiger partial charge in [0.15, 0.2) is 0 Å². The Labute approximate surface area is 203 Å². The van der Waals surface area contributed by atoms with Crippen LogP contribution in [0.25, 0.3) is 0 Å². The lowest BCUT2D eigenvalue weighted by Crippen LogP contribution is -2.45. The van der Waals surface area contributed by atoms with Gasteiger partial charge in [-0.2, -0.15) is 0 Å². The first-order valence-electron chi connectivity index (χ1n) is 11.6. The van der Waals surface area contributed by atoms with Gasteiger partial charge in [-0.15, -0.1) is 0 Å². The Hall–Kier alpha value is -3.43. The minimum Gasteiger partial charge on any atom is -0.481 e. The maximum Gasteiger partial charge on any atom is 0.407 e. The largest absolute Gasteiger partial charge is 0.481 e. The van der Waals surface area contributed by atoms with Gasteiger partial charge in [-0.1, -0.05) is 12.1 Å². The molecular weight excluding hydrogens is 457 g/mol. The zero-order valence-corrected chi connectivity index (χ0v) is 20.2. The minimum absolute atomic E-state index is 0.0680. The zero-order valence-electron chi connectivity index (χ0n) is 20.2. The summed E-state index contributed by atoms with van der Waals surface area (Å²) in [6.45, 7) is 5.43. The molecule has 9 nitrogen and oxygen atoms in total. The van der Waals surface area contributed by atoms with Crippen LogP contribution in [0.3, 0.4) is 0 Å². The maximum absolute atomic E-state index is 14.1. The quantitative estimate of drug-likeness (QED) is 0.513. The Bertz CT molecular complexity index is 1050. The lowest BCUT2D eigenvalue weighted by Gasteiger charge is -2.30. The number of carboxylic acid groups (broad SMARTS) is 1. The first-order chi connectivity index (χ1) is 16.3. The molecule has 1 aromatic carbocycles. The molecule has 0 fully saturated rings. The summed E-state index contributed by atoms with van der Waals surface area (Å²) in [4.78, 5) is 49.3. The highest BCUT2D eigenvalue weighted by atomic mass is 19.1. The van der Waals surface area contributed by atoms with Crippen LogP contribution in [0.5, 0.6) is 0 Å². The van der Waals surface area contributed by atoms with Crippen LogP contribution in [0.4, 0.5) is 9.18 Å². The van der Waals surface area contributed by atoms with Crippen molar-refractivity contribution in [2.24, 2.45) is 11.7 Å². The van der Waals surface area contributed by atoms with Gasteiger partial charge in [0.2, 0.25) is 5.91 Å².